The Morgan fingerprint density at radius 2 is 2.00 bits per heavy atom. The van der Waals surface area contributed by atoms with Crippen molar-refractivity contribution in [3.05, 3.63) is 53.1 Å². The first kappa shape index (κ1) is 18.1. The predicted octanol–water partition coefficient (Wildman–Crippen LogP) is 3.42. The van der Waals surface area contributed by atoms with Gasteiger partial charge in [0, 0.05) is 12.0 Å². The van der Waals surface area contributed by atoms with Crippen LogP contribution in [0.1, 0.15) is 18.9 Å². The highest BCUT2D eigenvalue weighted by molar-refractivity contribution is 6.32. The average Bonchev–Trinajstić information content (AvgIpc) is 2.67. The number of para-hydroxylation sites is 2. The topological polar surface area (TPSA) is 69.2 Å². The SMILES string of the molecule is COc1cccc2c1OCC/C2=N/NC(=O)[C@@H](C)Oc1ccccc1Cl. The summed E-state index contributed by atoms with van der Waals surface area (Å²) < 4.78 is 16.6. The van der Waals surface area contributed by atoms with Crippen LogP contribution in [0.5, 0.6) is 17.2 Å². The molecule has 0 bridgehead atoms. The summed E-state index contributed by atoms with van der Waals surface area (Å²) in [5, 5.41) is 4.70. The third-order valence-electron chi connectivity index (χ3n) is 3.91. The van der Waals surface area contributed by atoms with Gasteiger partial charge in [-0.1, -0.05) is 29.8 Å². The average molecular weight is 375 g/mol. The number of amides is 1. The summed E-state index contributed by atoms with van der Waals surface area (Å²) in [6, 6.07) is 12.5. The van der Waals surface area contributed by atoms with Crippen molar-refractivity contribution in [3.8, 4) is 17.2 Å². The van der Waals surface area contributed by atoms with Crippen molar-refractivity contribution in [3.63, 3.8) is 0 Å². The fourth-order valence-corrected chi connectivity index (χ4v) is 2.73. The van der Waals surface area contributed by atoms with Gasteiger partial charge >= 0.3 is 0 Å². The first-order chi connectivity index (χ1) is 12.6. The van der Waals surface area contributed by atoms with Gasteiger partial charge in [0.1, 0.15) is 5.75 Å². The fraction of sp³-hybridized carbons (Fsp3) is 0.263. The second-order valence-corrected chi connectivity index (χ2v) is 6.07. The number of benzene rings is 2. The van der Waals surface area contributed by atoms with Gasteiger partial charge in [0.15, 0.2) is 17.6 Å². The molecule has 0 aliphatic carbocycles. The van der Waals surface area contributed by atoms with Gasteiger partial charge < -0.3 is 14.2 Å². The molecule has 6 nitrogen and oxygen atoms in total. The largest absolute Gasteiger partial charge is 0.493 e. The standard InChI is InChI=1S/C19H19ClN2O4/c1-12(26-16-8-4-3-7-14(16)20)19(23)22-21-15-10-11-25-18-13(15)6-5-9-17(18)24-2/h3-9,12H,10-11H2,1-2H3,(H,22,23)/b21-15-/t12-/m1/s1. The van der Waals surface area contributed by atoms with Gasteiger partial charge in [0.2, 0.25) is 0 Å². The van der Waals surface area contributed by atoms with Crippen LogP contribution >= 0.6 is 11.6 Å². The zero-order valence-corrected chi connectivity index (χ0v) is 15.2. The van der Waals surface area contributed by atoms with E-state index in [-0.39, 0.29) is 5.91 Å². The number of ether oxygens (including phenoxy) is 3. The van der Waals surface area contributed by atoms with E-state index < -0.39 is 6.10 Å². The number of nitrogens with zero attached hydrogens (tertiary/aromatic N) is 1. The van der Waals surface area contributed by atoms with E-state index in [1.165, 1.54) is 0 Å². The molecule has 0 saturated heterocycles. The third kappa shape index (κ3) is 3.91. The van der Waals surface area contributed by atoms with Gasteiger partial charge in [0.05, 0.1) is 24.5 Å². The van der Waals surface area contributed by atoms with Crippen molar-refractivity contribution < 1.29 is 19.0 Å². The molecule has 0 aromatic heterocycles. The molecule has 26 heavy (non-hydrogen) atoms. The van der Waals surface area contributed by atoms with Gasteiger partial charge in [-0.3, -0.25) is 4.79 Å². The molecule has 3 rings (SSSR count). The molecule has 0 radical (unpaired) electrons. The number of hydrogen-bond donors (Lipinski definition) is 1. The van der Waals surface area contributed by atoms with Gasteiger partial charge in [0.25, 0.3) is 5.91 Å². The van der Waals surface area contributed by atoms with E-state index in [1.54, 1.807) is 38.3 Å². The Kier molecular flexibility index (Phi) is 5.63. The number of methoxy groups -OCH3 is 1. The van der Waals surface area contributed by atoms with Gasteiger partial charge in [-0.15, -0.1) is 0 Å². The van der Waals surface area contributed by atoms with Gasteiger partial charge in [-0.05, 0) is 31.2 Å². The summed E-state index contributed by atoms with van der Waals surface area (Å²) in [6.45, 7) is 2.10. The lowest BCUT2D eigenvalue weighted by molar-refractivity contribution is -0.127. The minimum absolute atomic E-state index is 0.367. The molecule has 7 heteroatoms. The molecule has 0 spiro atoms. The molecule has 2 aromatic rings. The smallest absolute Gasteiger partial charge is 0.280 e. The van der Waals surface area contributed by atoms with E-state index in [9.17, 15) is 4.79 Å². The van der Waals surface area contributed by atoms with Crippen LogP contribution < -0.4 is 19.6 Å². The zero-order chi connectivity index (χ0) is 18.5. The first-order valence-corrected chi connectivity index (χ1v) is 8.55. The molecule has 1 aliphatic rings. The van der Waals surface area contributed by atoms with Crippen LogP contribution in [0.25, 0.3) is 0 Å². The molecule has 1 N–H and O–H groups in total. The van der Waals surface area contributed by atoms with E-state index in [4.69, 9.17) is 25.8 Å². The van der Waals surface area contributed by atoms with Crippen LogP contribution in [0.15, 0.2) is 47.6 Å². The summed E-state index contributed by atoms with van der Waals surface area (Å²) >= 11 is 6.05. The number of halogens is 1. The molecule has 136 valence electrons. The number of carbonyl (C=O) groups is 1. The number of hydrazone groups is 1. The zero-order valence-electron chi connectivity index (χ0n) is 14.5. The number of nitrogens with one attached hydrogen (secondary N) is 1. The Balaban J connectivity index is 1.70. The monoisotopic (exact) mass is 374 g/mol. The maximum atomic E-state index is 12.3. The Morgan fingerprint density at radius 1 is 1.23 bits per heavy atom. The predicted molar refractivity (Wildman–Crippen MR) is 99.3 cm³/mol. The summed E-state index contributed by atoms with van der Waals surface area (Å²) in [4.78, 5) is 12.3. The normalized spacial score (nSPS) is 15.6. The van der Waals surface area contributed by atoms with Crippen molar-refractivity contribution >= 4 is 23.2 Å². The number of hydrogen-bond acceptors (Lipinski definition) is 5. The van der Waals surface area contributed by atoms with E-state index >= 15 is 0 Å². The lowest BCUT2D eigenvalue weighted by Gasteiger charge is -2.21. The van der Waals surface area contributed by atoms with E-state index in [0.29, 0.717) is 35.3 Å². The van der Waals surface area contributed by atoms with E-state index in [0.717, 1.165) is 11.3 Å². The van der Waals surface area contributed by atoms with Crippen LogP contribution in [-0.4, -0.2) is 31.4 Å². The molecule has 0 unspecified atom stereocenters. The Bertz CT molecular complexity index is 838. The summed E-state index contributed by atoms with van der Waals surface area (Å²) in [6.07, 6.45) is -0.163. The minimum Gasteiger partial charge on any atom is -0.493 e. The molecule has 1 amide bonds. The van der Waals surface area contributed by atoms with Crippen molar-refractivity contribution in [2.24, 2.45) is 5.10 Å². The lowest BCUT2D eigenvalue weighted by Crippen LogP contribution is -2.34. The second-order valence-electron chi connectivity index (χ2n) is 5.66. The lowest BCUT2D eigenvalue weighted by atomic mass is 10.0. The van der Waals surface area contributed by atoms with Crippen LogP contribution in [0.3, 0.4) is 0 Å². The second kappa shape index (κ2) is 8.10. The van der Waals surface area contributed by atoms with E-state index in [2.05, 4.69) is 10.5 Å². The molecule has 0 fully saturated rings. The highest BCUT2D eigenvalue weighted by Crippen LogP contribution is 2.34. The number of carbonyl (C=O) groups excluding carboxylic acids is 1. The van der Waals surface area contributed by atoms with Crippen LogP contribution in [-0.2, 0) is 4.79 Å². The van der Waals surface area contributed by atoms with Crippen LogP contribution in [0.2, 0.25) is 5.02 Å². The van der Waals surface area contributed by atoms with Crippen molar-refractivity contribution in [2.75, 3.05) is 13.7 Å². The molecule has 1 heterocycles. The van der Waals surface area contributed by atoms with E-state index in [1.807, 2.05) is 18.2 Å². The van der Waals surface area contributed by atoms with Crippen molar-refractivity contribution in [1.82, 2.24) is 5.43 Å². The summed E-state index contributed by atoms with van der Waals surface area (Å²) in [7, 11) is 1.58. The Morgan fingerprint density at radius 3 is 2.77 bits per heavy atom. The summed E-state index contributed by atoms with van der Waals surface area (Å²) in [5.74, 6) is 1.35. The molecule has 1 atom stereocenters. The quantitative estimate of drug-likeness (QED) is 0.814. The van der Waals surface area contributed by atoms with Gasteiger partial charge in [-0.2, -0.15) is 5.10 Å². The molecular weight excluding hydrogens is 356 g/mol. The maximum absolute atomic E-state index is 12.3. The van der Waals surface area contributed by atoms with Crippen molar-refractivity contribution in [1.29, 1.82) is 0 Å². The van der Waals surface area contributed by atoms with Gasteiger partial charge in [-0.25, -0.2) is 5.43 Å². The molecule has 0 saturated carbocycles. The van der Waals surface area contributed by atoms with Crippen LogP contribution in [0.4, 0.5) is 0 Å². The summed E-state index contributed by atoms with van der Waals surface area (Å²) in [5.41, 5.74) is 4.08. The number of rotatable bonds is 5. The van der Waals surface area contributed by atoms with Crippen LogP contribution in [0, 0.1) is 0 Å². The highest BCUT2D eigenvalue weighted by atomic mass is 35.5. The Hall–Kier alpha value is -2.73. The molecule has 1 aliphatic heterocycles. The maximum Gasteiger partial charge on any atom is 0.280 e. The first-order valence-electron chi connectivity index (χ1n) is 8.18. The highest BCUT2D eigenvalue weighted by Gasteiger charge is 2.22. The third-order valence-corrected chi connectivity index (χ3v) is 4.22. The Labute approximate surface area is 156 Å². The molecular formula is C19H19ClN2O4. The van der Waals surface area contributed by atoms with Crippen molar-refractivity contribution in [2.45, 2.75) is 19.4 Å². The number of fused-ring (bicyclic) bond motifs is 1. The molecule has 2 aromatic carbocycles. The minimum atomic E-state index is -0.746. The fourth-order valence-electron chi connectivity index (χ4n) is 2.55.